The van der Waals surface area contributed by atoms with Gasteiger partial charge < -0.3 is 15.7 Å². The monoisotopic (exact) mass is 228 g/mol. The quantitative estimate of drug-likeness (QED) is 0.670. The first-order valence-electron chi connectivity index (χ1n) is 5.59. The van der Waals surface area contributed by atoms with Gasteiger partial charge in [-0.3, -0.25) is 0 Å². The summed E-state index contributed by atoms with van der Waals surface area (Å²) in [5.41, 5.74) is -1.42. The molecule has 0 spiro atoms. The number of hydrogen-bond donors (Lipinski definition) is 3. The van der Waals surface area contributed by atoms with Crippen molar-refractivity contribution in [1.29, 1.82) is 0 Å². The van der Waals surface area contributed by atoms with Crippen LogP contribution in [0.5, 0.6) is 0 Å². The molecule has 0 bridgehead atoms. The van der Waals surface area contributed by atoms with Crippen LogP contribution in [0.15, 0.2) is 0 Å². The summed E-state index contributed by atoms with van der Waals surface area (Å²) in [4.78, 5) is 22.8. The van der Waals surface area contributed by atoms with Crippen LogP contribution in [0.3, 0.4) is 0 Å². The molecule has 1 aliphatic carbocycles. The number of amides is 2. The van der Waals surface area contributed by atoms with Gasteiger partial charge in [-0.1, -0.05) is 12.8 Å². The maximum Gasteiger partial charge on any atom is 0.329 e. The fourth-order valence-corrected chi connectivity index (χ4v) is 1.96. The number of carboxylic acid groups (broad SMARTS) is 1. The average molecular weight is 228 g/mol. The minimum Gasteiger partial charge on any atom is -0.480 e. The summed E-state index contributed by atoms with van der Waals surface area (Å²) in [7, 11) is 0. The van der Waals surface area contributed by atoms with E-state index in [9.17, 15) is 9.59 Å². The SMILES string of the molecule is CC(C)(C)NC(=O)NC1(C(=O)O)CCCC1. The summed E-state index contributed by atoms with van der Waals surface area (Å²) in [6.07, 6.45) is 2.73. The molecule has 5 nitrogen and oxygen atoms in total. The van der Waals surface area contributed by atoms with Crippen LogP contribution in [0, 0.1) is 0 Å². The number of carbonyl (C=O) groups excluding carboxylic acids is 1. The Morgan fingerprint density at radius 1 is 1.19 bits per heavy atom. The minimum atomic E-state index is -1.06. The van der Waals surface area contributed by atoms with Crippen LogP contribution in [0.2, 0.25) is 0 Å². The van der Waals surface area contributed by atoms with Crippen molar-refractivity contribution in [2.75, 3.05) is 0 Å². The predicted molar refractivity (Wildman–Crippen MR) is 60.3 cm³/mol. The number of hydrogen-bond acceptors (Lipinski definition) is 2. The Morgan fingerprint density at radius 2 is 1.69 bits per heavy atom. The largest absolute Gasteiger partial charge is 0.480 e. The highest BCUT2D eigenvalue weighted by Crippen LogP contribution is 2.29. The van der Waals surface area contributed by atoms with E-state index in [4.69, 9.17) is 5.11 Å². The number of nitrogens with one attached hydrogen (secondary N) is 2. The van der Waals surface area contributed by atoms with Gasteiger partial charge >= 0.3 is 12.0 Å². The lowest BCUT2D eigenvalue weighted by molar-refractivity contribution is -0.144. The van der Waals surface area contributed by atoms with E-state index in [0.717, 1.165) is 12.8 Å². The summed E-state index contributed by atoms with van der Waals surface area (Å²) in [6, 6.07) is -0.406. The van der Waals surface area contributed by atoms with E-state index in [-0.39, 0.29) is 5.54 Å². The Hall–Kier alpha value is -1.26. The Bertz CT molecular complexity index is 288. The molecule has 5 heteroatoms. The van der Waals surface area contributed by atoms with E-state index in [0.29, 0.717) is 12.8 Å². The molecule has 1 aliphatic rings. The Labute approximate surface area is 95.6 Å². The fraction of sp³-hybridized carbons (Fsp3) is 0.818. The summed E-state index contributed by atoms with van der Waals surface area (Å²) >= 11 is 0. The van der Waals surface area contributed by atoms with Crippen molar-refractivity contribution in [1.82, 2.24) is 10.6 Å². The van der Waals surface area contributed by atoms with Crippen LogP contribution in [0.1, 0.15) is 46.5 Å². The predicted octanol–water partition coefficient (Wildman–Crippen LogP) is 1.48. The summed E-state index contributed by atoms with van der Waals surface area (Å²) < 4.78 is 0. The lowest BCUT2D eigenvalue weighted by Crippen LogP contribution is -2.58. The van der Waals surface area contributed by atoms with Crippen molar-refractivity contribution < 1.29 is 14.7 Å². The Kier molecular flexibility index (Phi) is 3.45. The molecule has 0 unspecified atom stereocenters. The number of urea groups is 1. The smallest absolute Gasteiger partial charge is 0.329 e. The first kappa shape index (κ1) is 12.8. The van der Waals surface area contributed by atoms with Gasteiger partial charge in [-0.05, 0) is 33.6 Å². The summed E-state index contributed by atoms with van der Waals surface area (Å²) in [5.74, 6) is -0.936. The van der Waals surface area contributed by atoms with Crippen molar-refractivity contribution >= 4 is 12.0 Å². The summed E-state index contributed by atoms with van der Waals surface area (Å²) in [5, 5.41) is 14.5. The Balaban J connectivity index is 2.63. The highest BCUT2D eigenvalue weighted by molar-refractivity contribution is 5.86. The number of aliphatic carboxylic acids is 1. The third-order valence-electron chi connectivity index (χ3n) is 2.71. The standard InChI is InChI=1S/C11H20N2O3/c1-10(2,3)12-9(16)13-11(8(14)15)6-4-5-7-11/h4-7H2,1-3H3,(H,14,15)(H2,12,13,16). The van der Waals surface area contributed by atoms with Gasteiger partial charge in [-0.2, -0.15) is 0 Å². The van der Waals surface area contributed by atoms with E-state index in [1.54, 1.807) is 0 Å². The van der Waals surface area contributed by atoms with Crippen LogP contribution in [0.4, 0.5) is 4.79 Å². The highest BCUT2D eigenvalue weighted by Gasteiger charge is 2.42. The maximum absolute atomic E-state index is 11.6. The normalized spacial score (nSPS) is 19.2. The third kappa shape index (κ3) is 3.12. The highest BCUT2D eigenvalue weighted by atomic mass is 16.4. The molecule has 0 radical (unpaired) electrons. The molecule has 0 saturated heterocycles. The topological polar surface area (TPSA) is 78.4 Å². The van der Waals surface area contributed by atoms with Gasteiger partial charge in [-0.15, -0.1) is 0 Å². The van der Waals surface area contributed by atoms with Gasteiger partial charge in [-0.25, -0.2) is 9.59 Å². The van der Waals surface area contributed by atoms with Crippen LogP contribution in [0.25, 0.3) is 0 Å². The Morgan fingerprint density at radius 3 is 2.06 bits per heavy atom. The second-order valence-corrected chi connectivity index (χ2v) is 5.42. The van der Waals surface area contributed by atoms with Gasteiger partial charge in [0.15, 0.2) is 0 Å². The molecule has 2 amide bonds. The minimum absolute atomic E-state index is 0.359. The van der Waals surface area contributed by atoms with Crippen molar-refractivity contribution in [3.05, 3.63) is 0 Å². The molecule has 1 fully saturated rings. The van der Waals surface area contributed by atoms with E-state index in [2.05, 4.69) is 10.6 Å². The molecule has 16 heavy (non-hydrogen) atoms. The van der Waals surface area contributed by atoms with Gasteiger partial charge in [0.2, 0.25) is 0 Å². The second kappa shape index (κ2) is 4.31. The van der Waals surface area contributed by atoms with Crippen LogP contribution in [-0.4, -0.2) is 28.2 Å². The molecule has 1 saturated carbocycles. The van der Waals surface area contributed by atoms with Crippen LogP contribution < -0.4 is 10.6 Å². The summed E-state index contributed by atoms with van der Waals surface area (Å²) in [6.45, 7) is 5.57. The van der Waals surface area contributed by atoms with Crippen molar-refractivity contribution in [3.8, 4) is 0 Å². The lowest BCUT2D eigenvalue weighted by Gasteiger charge is -2.28. The van der Waals surface area contributed by atoms with E-state index < -0.39 is 17.5 Å². The van der Waals surface area contributed by atoms with Crippen molar-refractivity contribution in [2.45, 2.75) is 57.5 Å². The molecule has 0 heterocycles. The maximum atomic E-state index is 11.6. The molecular formula is C11H20N2O3. The molecule has 0 aromatic heterocycles. The first-order valence-corrected chi connectivity index (χ1v) is 5.59. The van der Waals surface area contributed by atoms with Crippen molar-refractivity contribution in [2.24, 2.45) is 0 Å². The first-order chi connectivity index (χ1) is 7.25. The lowest BCUT2D eigenvalue weighted by atomic mass is 9.98. The van der Waals surface area contributed by atoms with Gasteiger partial charge in [0.1, 0.15) is 5.54 Å². The zero-order valence-corrected chi connectivity index (χ0v) is 10.1. The molecule has 0 atom stereocenters. The van der Waals surface area contributed by atoms with E-state index >= 15 is 0 Å². The second-order valence-electron chi connectivity index (χ2n) is 5.42. The van der Waals surface area contributed by atoms with Crippen LogP contribution in [-0.2, 0) is 4.79 Å². The van der Waals surface area contributed by atoms with Gasteiger partial charge in [0, 0.05) is 5.54 Å². The zero-order valence-electron chi connectivity index (χ0n) is 10.1. The fourth-order valence-electron chi connectivity index (χ4n) is 1.96. The van der Waals surface area contributed by atoms with Gasteiger partial charge in [0.05, 0.1) is 0 Å². The van der Waals surface area contributed by atoms with Crippen LogP contribution >= 0.6 is 0 Å². The zero-order chi connectivity index (χ0) is 12.4. The molecule has 0 aromatic rings. The number of rotatable bonds is 2. The van der Waals surface area contributed by atoms with Crippen molar-refractivity contribution in [3.63, 3.8) is 0 Å². The van der Waals surface area contributed by atoms with E-state index in [1.807, 2.05) is 20.8 Å². The van der Waals surface area contributed by atoms with Gasteiger partial charge in [0.25, 0.3) is 0 Å². The average Bonchev–Trinajstić information content (AvgIpc) is 2.49. The molecule has 0 aromatic carbocycles. The van der Waals surface area contributed by atoms with E-state index in [1.165, 1.54) is 0 Å². The molecular weight excluding hydrogens is 208 g/mol. The number of carbonyl (C=O) groups is 2. The molecule has 0 aliphatic heterocycles. The number of carboxylic acids is 1. The molecule has 3 N–H and O–H groups in total. The third-order valence-corrected chi connectivity index (χ3v) is 2.71. The molecule has 1 rings (SSSR count). The molecule has 92 valence electrons.